The van der Waals surface area contributed by atoms with E-state index in [4.69, 9.17) is 0 Å². The van der Waals surface area contributed by atoms with Crippen molar-refractivity contribution in [3.05, 3.63) is 24.0 Å². The standard InChI is InChI=1S/C14H23N3O/c1-3-7-16-8-4-5-13(16)14(18)17-9-6-12(11-17)10-15-2/h4-5,8,12,15H,3,6-7,9-11H2,1-2H3. The number of nitrogens with zero attached hydrogens (tertiary/aromatic N) is 2. The Hall–Kier alpha value is -1.29. The molecule has 0 bridgehead atoms. The third-order valence-electron chi connectivity index (χ3n) is 3.58. The summed E-state index contributed by atoms with van der Waals surface area (Å²) in [6.45, 7) is 5.83. The van der Waals surface area contributed by atoms with Gasteiger partial charge in [0.2, 0.25) is 0 Å². The van der Waals surface area contributed by atoms with Gasteiger partial charge in [0.05, 0.1) is 0 Å². The quantitative estimate of drug-likeness (QED) is 0.860. The number of nitrogens with one attached hydrogen (secondary N) is 1. The smallest absolute Gasteiger partial charge is 0.270 e. The van der Waals surface area contributed by atoms with Gasteiger partial charge < -0.3 is 14.8 Å². The number of carbonyl (C=O) groups excluding carboxylic acids is 1. The summed E-state index contributed by atoms with van der Waals surface area (Å²) in [5, 5.41) is 3.19. The molecule has 1 N–H and O–H groups in total. The van der Waals surface area contributed by atoms with E-state index in [2.05, 4.69) is 16.8 Å². The lowest BCUT2D eigenvalue weighted by molar-refractivity contribution is 0.0776. The van der Waals surface area contributed by atoms with Crippen LogP contribution in [-0.2, 0) is 6.54 Å². The predicted octanol–water partition coefficient (Wildman–Crippen LogP) is 1.58. The minimum Gasteiger partial charge on any atom is -0.344 e. The molecule has 0 aliphatic carbocycles. The molecule has 2 heterocycles. The first kappa shape index (κ1) is 13.1. The summed E-state index contributed by atoms with van der Waals surface area (Å²) in [6.07, 6.45) is 4.16. The summed E-state index contributed by atoms with van der Waals surface area (Å²) >= 11 is 0. The molecule has 0 aromatic carbocycles. The Kier molecular flexibility index (Phi) is 4.42. The van der Waals surface area contributed by atoms with Gasteiger partial charge in [-0.2, -0.15) is 0 Å². The van der Waals surface area contributed by atoms with Gasteiger partial charge in [-0.05, 0) is 44.5 Å². The minimum atomic E-state index is 0.187. The van der Waals surface area contributed by atoms with E-state index in [0.29, 0.717) is 5.92 Å². The van der Waals surface area contributed by atoms with Crippen molar-refractivity contribution in [3.63, 3.8) is 0 Å². The van der Waals surface area contributed by atoms with Crippen molar-refractivity contribution in [3.8, 4) is 0 Å². The summed E-state index contributed by atoms with van der Waals surface area (Å²) in [7, 11) is 1.97. The number of likely N-dealkylation sites (tertiary alicyclic amines) is 1. The number of hydrogen-bond acceptors (Lipinski definition) is 2. The molecule has 1 saturated heterocycles. The fourth-order valence-electron chi connectivity index (χ4n) is 2.68. The highest BCUT2D eigenvalue weighted by molar-refractivity contribution is 5.93. The molecular formula is C14H23N3O. The van der Waals surface area contributed by atoms with Crippen LogP contribution in [0, 0.1) is 5.92 Å². The van der Waals surface area contributed by atoms with Gasteiger partial charge in [0, 0.05) is 25.8 Å². The van der Waals surface area contributed by atoms with Crippen molar-refractivity contribution in [2.75, 3.05) is 26.7 Å². The zero-order valence-corrected chi connectivity index (χ0v) is 11.4. The lowest BCUT2D eigenvalue weighted by Gasteiger charge is -2.18. The van der Waals surface area contributed by atoms with Gasteiger partial charge in [0.25, 0.3) is 5.91 Å². The highest BCUT2D eigenvalue weighted by Crippen LogP contribution is 2.18. The van der Waals surface area contributed by atoms with Crippen molar-refractivity contribution in [2.24, 2.45) is 5.92 Å². The molecule has 0 spiro atoms. The molecule has 1 aromatic heterocycles. The Morgan fingerprint density at radius 2 is 2.39 bits per heavy atom. The molecule has 4 nitrogen and oxygen atoms in total. The molecule has 0 saturated carbocycles. The molecule has 1 fully saturated rings. The number of aromatic nitrogens is 1. The zero-order chi connectivity index (χ0) is 13.0. The lowest BCUT2D eigenvalue weighted by atomic mass is 10.1. The highest BCUT2D eigenvalue weighted by Gasteiger charge is 2.27. The Labute approximate surface area is 109 Å². The fraction of sp³-hybridized carbons (Fsp3) is 0.643. The Morgan fingerprint density at radius 1 is 1.56 bits per heavy atom. The van der Waals surface area contributed by atoms with E-state index in [0.717, 1.165) is 44.7 Å². The van der Waals surface area contributed by atoms with E-state index in [1.807, 2.05) is 30.3 Å². The summed E-state index contributed by atoms with van der Waals surface area (Å²) < 4.78 is 2.06. The number of aryl methyl sites for hydroxylation is 1. The van der Waals surface area contributed by atoms with Gasteiger partial charge in [-0.15, -0.1) is 0 Å². The second-order valence-electron chi connectivity index (χ2n) is 5.05. The fourth-order valence-corrected chi connectivity index (χ4v) is 2.68. The van der Waals surface area contributed by atoms with E-state index in [1.54, 1.807) is 0 Å². The topological polar surface area (TPSA) is 37.3 Å². The van der Waals surface area contributed by atoms with Crippen LogP contribution in [0.3, 0.4) is 0 Å². The second-order valence-corrected chi connectivity index (χ2v) is 5.05. The summed E-state index contributed by atoms with van der Waals surface area (Å²) in [4.78, 5) is 14.4. The second kappa shape index (κ2) is 6.05. The summed E-state index contributed by atoms with van der Waals surface area (Å²) in [5.41, 5.74) is 0.835. The van der Waals surface area contributed by atoms with Gasteiger partial charge in [-0.1, -0.05) is 6.92 Å². The lowest BCUT2D eigenvalue weighted by Crippen LogP contribution is -2.31. The number of rotatable bonds is 5. The van der Waals surface area contributed by atoms with Crippen LogP contribution < -0.4 is 5.32 Å². The largest absolute Gasteiger partial charge is 0.344 e. The van der Waals surface area contributed by atoms with Gasteiger partial charge in [-0.3, -0.25) is 4.79 Å². The number of carbonyl (C=O) groups is 1. The van der Waals surface area contributed by atoms with Gasteiger partial charge >= 0.3 is 0 Å². The molecule has 1 aliphatic heterocycles. The van der Waals surface area contributed by atoms with Crippen LogP contribution in [0.25, 0.3) is 0 Å². The van der Waals surface area contributed by atoms with Crippen LogP contribution >= 0.6 is 0 Å². The molecule has 4 heteroatoms. The van der Waals surface area contributed by atoms with E-state index >= 15 is 0 Å². The Balaban J connectivity index is 2.01. The van der Waals surface area contributed by atoms with Crippen molar-refractivity contribution in [2.45, 2.75) is 26.3 Å². The number of hydrogen-bond donors (Lipinski definition) is 1. The van der Waals surface area contributed by atoms with Crippen molar-refractivity contribution < 1.29 is 4.79 Å². The van der Waals surface area contributed by atoms with Crippen molar-refractivity contribution >= 4 is 5.91 Å². The van der Waals surface area contributed by atoms with Gasteiger partial charge in [0.1, 0.15) is 5.69 Å². The molecule has 1 atom stereocenters. The van der Waals surface area contributed by atoms with Crippen LogP contribution in [0.15, 0.2) is 18.3 Å². The summed E-state index contributed by atoms with van der Waals surface area (Å²) in [6, 6.07) is 3.90. The molecule has 1 aromatic rings. The molecule has 100 valence electrons. The average molecular weight is 249 g/mol. The van der Waals surface area contributed by atoms with Crippen molar-refractivity contribution in [1.82, 2.24) is 14.8 Å². The van der Waals surface area contributed by atoms with Gasteiger partial charge in [0.15, 0.2) is 0 Å². The summed E-state index contributed by atoms with van der Waals surface area (Å²) in [5.74, 6) is 0.792. The van der Waals surface area contributed by atoms with Crippen LogP contribution in [0.1, 0.15) is 30.3 Å². The maximum absolute atomic E-state index is 12.4. The monoisotopic (exact) mass is 249 g/mol. The average Bonchev–Trinajstić information content (AvgIpc) is 2.98. The van der Waals surface area contributed by atoms with E-state index in [9.17, 15) is 4.79 Å². The molecule has 1 amide bonds. The third kappa shape index (κ3) is 2.75. The maximum Gasteiger partial charge on any atom is 0.270 e. The predicted molar refractivity (Wildman–Crippen MR) is 72.7 cm³/mol. The van der Waals surface area contributed by atoms with Crippen LogP contribution in [0.2, 0.25) is 0 Å². The minimum absolute atomic E-state index is 0.187. The normalized spacial score (nSPS) is 19.4. The van der Waals surface area contributed by atoms with Crippen LogP contribution in [0.4, 0.5) is 0 Å². The molecule has 2 rings (SSSR count). The maximum atomic E-state index is 12.4. The molecule has 0 radical (unpaired) electrons. The first-order chi connectivity index (χ1) is 8.76. The SMILES string of the molecule is CCCn1cccc1C(=O)N1CCC(CNC)C1. The molecule has 18 heavy (non-hydrogen) atoms. The van der Waals surface area contributed by atoms with Crippen LogP contribution in [-0.4, -0.2) is 42.1 Å². The number of amides is 1. The first-order valence-electron chi connectivity index (χ1n) is 6.85. The molecule has 1 aliphatic rings. The Bertz CT molecular complexity index is 399. The van der Waals surface area contributed by atoms with Crippen molar-refractivity contribution in [1.29, 1.82) is 0 Å². The van der Waals surface area contributed by atoms with Crippen LogP contribution in [0.5, 0.6) is 0 Å². The van der Waals surface area contributed by atoms with E-state index < -0.39 is 0 Å². The third-order valence-corrected chi connectivity index (χ3v) is 3.58. The van der Waals surface area contributed by atoms with Gasteiger partial charge in [-0.25, -0.2) is 0 Å². The van der Waals surface area contributed by atoms with E-state index in [1.165, 1.54) is 0 Å². The Morgan fingerprint density at radius 3 is 3.11 bits per heavy atom. The zero-order valence-electron chi connectivity index (χ0n) is 11.4. The molecular weight excluding hydrogens is 226 g/mol. The molecule has 1 unspecified atom stereocenters. The highest BCUT2D eigenvalue weighted by atomic mass is 16.2. The first-order valence-corrected chi connectivity index (χ1v) is 6.85. The van der Waals surface area contributed by atoms with E-state index in [-0.39, 0.29) is 5.91 Å².